The van der Waals surface area contributed by atoms with E-state index in [2.05, 4.69) is 0 Å². The summed E-state index contributed by atoms with van der Waals surface area (Å²) in [5.41, 5.74) is 5.77. The summed E-state index contributed by atoms with van der Waals surface area (Å²) in [5.74, 6) is -1.16. The zero-order chi connectivity index (χ0) is 13.5. The summed E-state index contributed by atoms with van der Waals surface area (Å²) in [5, 5.41) is 8.58. The number of aliphatic carboxylic acids is 1. The molecule has 0 bridgehead atoms. The minimum atomic E-state index is -1.05. The van der Waals surface area contributed by atoms with Crippen LogP contribution in [0.4, 0.5) is 0 Å². The Balaban J connectivity index is 2.94. The first-order valence-electron chi connectivity index (χ1n) is 5.50. The van der Waals surface area contributed by atoms with E-state index in [0.717, 1.165) is 6.08 Å². The molecular weight excluding hydrogens is 234 g/mol. The summed E-state index contributed by atoms with van der Waals surface area (Å²) >= 11 is 0. The second-order valence-corrected chi connectivity index (χ2v) is 3.63. The van der Waals surface area contributed by atoms with Crippen molar-refractivity contribution < 1.29 is 19.4 Å². The van der Waals surface area contributed by atoms with E-state index in [1.807, 2.05) is 0 Å². The largest absolute Gasteiger partial charge is 0.480 e. The van der Waals surface area contributed by atoms with E-state index in [0.29, 0.717) is 17.7 Å². The molecule has 18 heavy (non-hydrogen) atoms. The summed E-state index contributed by atoms with van der Waals surface area (Å²) in [6, 6.07) is 6.84. The highest BCUT2D eigenvalue weighted by atomic mass is 16.5. The number of nitrogens with two attached hydrogens (primary N) is 1. The predicted molar refractivity (Wildman–Crippen MR) is 67.0 cm³/mol. The van der Waals surface area contributed by atoms with Gasteiger partial charge in [0.2, 0.25) is 0 Å². The molecule has 5 nitrogen and oxygen atoms in total. The van der Waals surface area contributed by atoms with Crippen molar-refractivity contribution in [2.45, 2.75) is 19.4 Å². The van der Waals surface area contributed by atoms with Crippen LogP contribution in [0.5, 0.6) is 5.75 Å². The standard InChI is InChI=1S/C13H15NO4/c1-2-10(13(14)17)18-11-6-4-3-5-9(11)7-8-12(15)16/h3-8,10H,2H2,1H3,(H2,14,17)(H,15,16). The Bertz CT molecular complexity index is 468. The molecule has 1 unspecified atom stereocenters. The van der Waals surface area contributed by atoms with Gasteiger partial charge in [-0.05, 0) is 18.6 Å². The lowest BCUT2D eigenvalue weighted by Gasteiger charge is -2.15. The molecule has 0 aliphatic heterocycles. The van der Waals surface area contributed by atoms with Gasteiger partial charge in [0.25, 0.3) is 5.91 Å². The van der Waals surface area contributed by atoms with Gasteiger partial charge < -0.3 is 15.6 Å². The van der Waals surface area contributed by atoms with Crippen molar-refractivity contribution in [3.63, 3.8) is 0 Å². The first kappa shape index (κ1) is 13.8. The van der Waals surface area contributed by atoms with Crippen molar-refractivity contribution >= 4 is 18.0 Å². The van der Waals surface area contributed by atoms with E-state index >= 15 is 0 Å². The summed E-state index contributed by atoms with van der Waals surface area (Å²) in [4.78, 5) is 21.6. The average molecular weight is 249 g/mol. The maximum Gasteiger partial charge on any atom is 0.328 e. The molecule has 3 N–H and O–H groups in total. The number of carboxylic acid groups (broad SMARTS) is 1. The van der Waals surface area contributed by atoms with Crippen LogP contribution in [0.3, 0.4) is 0 Å². The molecule has 1 atom stereocenters. The van der Waals surface area contributed by atoms with E-state index < -0.39 is 18.0 Å². The lowest BCUT2D eigenvalue weighted by molar-refractivity contribution is -0.131. The second kappa shape index (κ2) is 6.44. The van der Waals surface area contributed by atoms with Crippen LogP contribution in [0.2, 0.25) is 0 Å². The zero-order valence-corrected chi connectivity index (χ0v) is 10.00. The van der Waals surface area contributed by atoms with Crippen LogP contribution in [-0.2, 0) is 9.59 Å². The average Bonchev–Trinajstić information content (AvgIpc) is 2.34. The van der Waals surface area contributed by atoms with Crippen molar-refractivity contribution in [3.05, 3.63) is 35.9 Å². The monoisotopic (exact) mass is 249 g/mol. The van der Waals surface area contributed by atoms with Gasteiger partial charge in [0.05, 0.1) is 0 Å². The predicted octanol–water partition coefficient (Wildman–Crippen LogP) is 1.43. The highest BCUT2D eigenvalue weighted by Crippen LogP contribution is 2.21. The van der Waals surface area contributed by atoms with Gasteiger partial charge in [-0.25, -0.2) is 4.79 Å². The number of ether oxygens (including phenoxy) is 1. The minimum Gasteiger partial charge on any atom is -0.480 e. The highest BCUT2D eigenvalue weighted by Gasteiger charge is 2.15. The van der Waals surface area contributed by atoms with Gasteiger partial charge in [-0.15, -0.1) is 0 Å². The second-order valence-electron chi connectivity index (χ2n) is 3.63. The number of benzene rings is 1. The number of rotatable bonds is 6. The van der Waals surface area contributed by atoms with Gasteiger partial charge >= 0.3 is 5.97 Å². The van der Waals surface area contributed by atoms with Crippen LogP contribution in [0.15, 0.2) is 30.3 Å². The minimum absolute atomic E-state index is 0.431. The van der Waals surface area contributed by atoms with Gasteiger partial charge in [0.15, 0.2) is 6.10 Å². The topological polar surface area (TPSA) is 89.6 Å². The van der Waals surface area contributed by atoms with Gasteiger partial charge in [0, 0.05) is 11.6 Å². The fourth-order valence-electron chi connectivity index (χ4n) is 1.38. The van der Waals surface area contributed by atoms with Crippen LogP contribution in [0.1, 0.15) is 18.9 Å². The highest BCUT2D eigenvalue weighted by molar-refractivity contribution is 5.86. The maximum atomic E-state index is 11.1. The molecule has 0 radical (unpaired) electrons. The molecule has 0 aromatic heterocycles. The molecular formula is C13H15NO4. The molecule has 0 saturated carbocycles. The molecule has 1 aromatic rings. The molecule has 5 heteroatoms. The molecule has 96 valence electrons. The number of para-hydroxylation sites is 1. The molecule has 1 amide bonds. The van der Waals surface area contributed by atoms with Crippen LogP contribution in [0, 0.1) is 0 Å². The number of carboxylic acids is 1. The summed E-state index contributed by atoms with van der Waals surface area (Å²) in [6.45, 7) is 1.78. The van der Waals surface area contributed by atoms with Gasteiger partial charge in [0.1, 0.15) is 5.75 Å². The summed E-state index contributed by atoms with van der Waals surface area (Å²) < 4.78 is 5.47. The van der Waals surface area contributed by atoms with E-state index in [1.165, 1.54) is 6.08 Å². The number of hydrogen-bond donors (Lipinski definition) is 2. The first-order chi connectivity index (χ1) is 8.54. The Morgan fingerprint density at radius 1 is 1.44 bits per heavy atom. The lowest BCUT2D eigenvalue weighted by Crippen LogP contribution is -2.33. The number of carbonyl (C=O) groups is 2. The van der Waals surface area contributed by atoms with E-state index in [1.54, 1.807) is 31.2 Å². The Morgan fingerprint density at radius 2 is 2.11 bits per heavy atom. The number of amides is 1. The Kier molecular flexibility index (Phi) is 4.92. The molecule has 1 rings (SSSR count). The lowest BCUT2D eigenvalue weighted by atomic mass is 10.1. The zero-order valence-electron chi connectivity index (χ0n) is 10.00. The number of primary amides is 1. The Hall–Kier alpha value is -2.30. The molecule has 0 fully saturated rings. The smallest absolute Gasteiger partial charge is 0.328 e. The number of carbonyl (C=O) groups excluding carboxylic acids is 1. The third-order valence-electron chi connectivity index (χ3n) is 2.28. The van der Waals surface area contributed by atoms with E-state index in [-0.39, 0.29) is 0 Å². The van der Waals surface area contributed by atoms with Crippen LogP contribution in [-0.4, -0.2) is 23.1 Å². The van der Waals surface area contributed by atoms with Crippen molar-refractivity contribution in [1.29, 1.82) is 0 Å². The molecule has 0 aliphatic carbocycles. The first-order valence-corrected chi connectivity index (χ1v) is 5.50. The third-order valence-corrected chi connectivity index (χ3v) is 2.28. The van der Waals surface area contributed by atoms with Crippen LogP contribution < -0.4 is 10.5 Å². The number of hydrogen-bond acceptors (Lipinski definition) is 3. The van der Waals surface area contributed by atoms with Gasteiger partial charge in [-0.1, -0.05) is 25.1 Å². The fraction of sp³-hybridized carbons (Fsp3) is 0.231. The van der Waals surface area contributed by atoms with Crippen molar-refractivity contribution in [1.82, 2.24) is 0 Å². The van der Waals surface area contributed by atoms with Crippen molar-refractivity contribution in [3.8, 4) is 5.75 Å². The fourth-order valence-corrected chi connectivity index (χ4v) is 1.38. The van der Waals surface area contributed by atoms with E-state index in [9.17, 15) is 9.59 Å². The normalized spacial score (nSPS) is 12.3. The molecule has 1 aromatic carbocycles. The summed E-state index contributed by atoms with van der Waals surface area (Å²) in [7, 11) is 0. The van der Waals surface area contributed by atoms with Gasteiger partial charge in [-0.3, -0.25) is 4.79 Å². The maximum absolute atomic E-state index is 11.1. The SMILES string of the molecule is CCC(Oc1ccccc1C=CC(=O)O)C(N)=O. The van der Waals surface area contributed by atoms with Gasteiger partial charge in [-0.2, -0.15) is 0 Å². The van der Waals surface area contributed by atoms with Crippen LogP contribution >= 0.6 is 0 Å². The molecule has 0 aliphatic rings. The Morgan fingerprint density at radius 3 is 2.67 bits per heavy atom. The quantitative estimate of drug-likeness (QED) is 0.746. The van der Waals surface area contributed by atoms with Crippen molar-refractivity contribution in [2.24, 2.45) is 5.73 Å². The molecule has 0 saturated heterocycles. The van der Waals surface area contributed by atoms with Crippen LogP contribution in [0.25, 0.3) is 6.08 Å². The molecule has 0 heterocycles. The third kappa shape index (κ3) is 3.93. The molecule has 0 spiro atoms. The van der Waals surface area contributed by atoms with E-state index in [4.69, 9.17) is 15.6 Å². The summed E-state index contributed by atoms with van der Waals surface area (Å²) in [6.07, 6.45) is 2.15. The Labute approximate surface area is 105 Å². The van der Waals surface area contributed by atoms with Crippen molar-refractivity contribution in [2.75, 3.05) is 0 Å².